The molecule has 0 saturated carbocycles. The Labute approximate surface area is 109 Å². The van der Waals surface area contributed by atoms with Crippen LogP contribution in [0.4, 0.5) is 5.69 Å². The van der Waals surface area contributed by atoms with Crippen LogP contribution in [0, 0.1) is 18.3 Å². The zero-order valence-electron chi connectivity index (χ0n) is 11.0. The fourth-order valence-corrected chi connectivity index (χ4v) is 1.54. The summed E-state index contributed by atoms with van der Waals surface area (Å²) >= 11 is 0. The number of nitriles is 1. The molecule has 0 radical (unpaired) electrons. The minimum Gasteiger partial charge on any atom is -0.384 e. The number of hydrogen-bond donors (Lipinski definition) is 1. The first-order valence-electron chi connectivity index (χ1n) is 6.09. The highest BCUT2D eigenvalue weighted by Gasteiger charge is 2.00. The average Bonchev–Trinajstić information content (AvgIpc) is 2.38. The summed E-state index contributed by atoms with van der Waals surface area (Å²) in [5, 5.41) is 12.2. The van der Waals surface area contributed by atoms with Gasteiger partial charge in [-0.2, -0.15) is 5.26 Å². The Morgan fingerprint density at radius 1 is 1.28 bits per heavy atom. The second kappa shape index (κ2) is 8.51. The zero-order valence-corrected chi connectivity index (χ0v) is 11.0. The predicted molar refractivity (Wildman–Crippen MR) is 71.7 cm³/mol. The van der Waals surface area contributed by atoms with Crippen molar-refractivity contribution in [2.45, 2.75) is 13.3 Å². The Kier molecular flexibility index (Phi) is 6.85. The summed E-state index contributed by atoms with van der Waals surface area (Å²) in [6.45, 7) is 4.77. The molecule has 1 rings (SSSR count). The Balaban J connectivity index is 2.27. The van der Waals surface area contributed by atoms with E-state index in [9.17, 15) is 0 Å². The molecule has 0 bridgehead atoms. The molecule has 0 aliphatic heterocycles. The Hall–Kier alpha value is -1.57. The lowest BCUT2D eigenvalue weighted by molar-refractivity contribution is 0.0705. The van der Waals surface area contributed by atoms with Crippen LogP contribution in [-0.2, 0) is 9.47 Å². The van der Waals surface area contributed by atoms with Crippen LogP contribution >= 0.6 is 0 Å². The lowest BCUT2D eigenvalue weighted by atomic mass is 10.1. The molecular formula is C14H20N2O2. The summed E-state index contributed by atoms with van der Waals surface area (Å²) in [5.41, 5.74) is 2.73. The minimum atomic E-state index is 0.629. The number of benzene rings is 1. The van der Waals surface area contributed by atoms with Crippen molar-refractivity contribution in [1.29, 1.82) is 5.26 Å². The van der Waals surface area contributed by atoms with Gasteiger partial charge in [-0.25, -0.2) is 0 Å². The molecule has 0 saturated heterocycles. The van der Waals surface area contributed by atoms with Crippen molar-refractivity contribution in [3.05, 3.63) is 29.3 Å². The smallest absolute Gasteiger partial charge is 0.101 e. The van der Waals surface area contributed by atoms with Crippen molar-refractivity contribution in [3.63, 3.8) is 0 Å². The highest BCUT2D eigenvalue weighted by Crippen LogP contribution is 2.16. The first kappa shape index (κ1) is 14.5. The maximum Gasteiger partial charge on any atom is 0.101 e. The number of anilines is 1. The molecule has 0 aromatic heterocycles. The van der Waals surface area contributed by atoms with Crippen LogP contribution in [0.15, 0.2) is 18.2 Å². The van der Waals surface area contributed by atoms with Gasteiger partial charge < -0.3 is 14.8 Å². The van der Waals surface area contributed by atoms with Crippen LogP contribution in [0.5, 0.6) is 0 Å². The largest absolute Gasteiger partial charge is 0.384 e. The van der Waals surface area contributed by atoms with Crippen molar-refractivity contribution in [2.75, 3.05) is 38.8 Å². The van der Waals surface area contributed by atoms with E-state index < -0.39 is 0 Å². The van der Waals surface area contributed by atoms with Gasteiger partial charge in [-0.3, -0.25) is 0 Å². The average molecular weight is 248 g/mol. The normalized spacial score (nSPS) is 10.1. The van der Waals surface area contributed by atoms with Gasteiger partial charge in [0.05, 0.1) is 24.5 Å². The molecule has 1 aromatic carbocycles. The fourth-order valence-electron chi connectivity index (χ4n) is 1.54. The predicted octanol–water partition coefficient (Wildman–Crippen LogP) is 2.33. The topological polar surface area (TPSA) is 54.3 Å². The number of hydrogen-bond acceptors (Lipinski definition) is 4. The number of methoxy groups -OCH3 is 1. The van der Waals surface area contributed by atoms with E-state index in [0.29, 0.717) is 25.4 Å². The third-order valence-corrected chi connectivity index (χ3v) is 2.51. The molecule has 0 atom stereocenters. The van der Waals surface area contributed by atoms with Gasteiger partial charge in [0.25, 0.3) is 0 Å². The second-order valence-electron chi connectivity index (χ2n) is 4.05. The highest BCUT2D eigenvalue weighted by molar-refractivity contribution is 5.58. The second-order valence-corrected chi connectivity index (χ2v) is 4.05. The molecule has 0 heterocycles. The molecule has 0 fully saturated rings. The molecular weight excluding hydrogens is 228 g/mol. The van der Waals surface area contributed by atoms with Crippen LogP contribution in [0.1, 0.15) is 17.5 Å². The summed E-state index contributed by atoms with van der Waals surface area (Å²) in [6.07, 6.45) is 0.905. The summed E-state index contributed by atoms with van der Waals surface area (Å²) in [7, 11) is 1.66. The van der Waals surface area contributed by atoms with Crippen LogP contribution in [0.2, 0.25) is 0 Å². The summed E-state index contributed by atoms with van der Waals surface area (Å²) in [5.74, 6) is 0. The molecule has 1 aromatic rings. The van der Waals surface area contributed by atoms with Crippen molar-refractivity contribution in [1.82, 2.24) is 0 Å². The highest BCUT2D eigenvalue weighted by atomic mass is 16.5. The Morgan fingerprint density at radius 3 is 2.83 bits per heavy atom. The summed E-state index contributed by atoms with van der Waals surface area (Å²) < 4.78 is 10.2. The van der Waals surface area contributed by atoms with Gasteiger partial charge >= 0.3 is 0 Å². The van der Waals surface area contributed by atoms with E-state index >= 15 is 0 Å². The molecule has 4 nitrogen and oxygen atoms in total. The van der Waals surface area contributed by atoms with Gasteiger partial charge in [0, 0.05) is 20.3 Å². The number of nitrogens with zero attached hydrogens (tertiary/aromatic N) is 1. The van der Waals surface area contributed by atoms with Crippen molar-refractivity contribution in [2.24, 2.45) is 0 Å². The SMILES string of the molecule is COCCOCCCNc1cc(C)ccc1C#N. The number of aryl methyl sites for hydroxylation is 1. The van der Waals surface area contributed by atoms with Gasteiger partial charge in [0.15, 0.2) is 0 Å². The lowest BCUT2D eigenvalue weighted by Gasteiger charge is -2.09. The van der Waals surface area contributed by atoms with E-state index in [-0.39, 0.29) is 0 Å². The van der Waals surface area contributed by atoms with E-state index in [1.807, 2.05) is 25.1 Å². The third-order valence-electron chi connectivity index (χ3n) is 2.51. The van der Waals surface area contributed by atoms with Crippen molar-refractivity contribution in [3.8, 4) is 6.07 Å². The fraction of sp³-hybridized carbons (Fsp3) is 0.500. The summed E-state index contributed by atoms with van der Waals surface area (Å²) in [6, 6.07) is 7.95. The number of ether oxygens (including phenoxy) is 2. The first-order valence-corrected chi connectivity index (χ1v) is 6.09. The van der Waals surface area contributed by atoms with E-state index in [1.54, 1.807) is 7.11 Å². The van der Waals surface area contributed by atoms with Gasteiger partial charge in [-0.05, 0) is 31.0 Å². The quantitative estimate of drug-likeness (QED) is 0.717. The first-order chi connectivity index (χ1) is 8.77. The molecule has 0 aliphatic rings. The number of nitrogens with one attached hydrogen (secondary N) is 1. The molecule has 0 aliphatic carbocycles. The molecule has 4 heteroatoms. The van der Waals surface area contributed by atoms with Gasteiger partial charge in [0.2, 0.25) is 0 Å². The lowest BCUT2D eigenvalue weighted by Crippen LogP contribution is -2.09. The molecule has 1 N–H and O–H groups in total. The zero-order chi connectivity index (χ0) is 13.2. The Morgan fingerprint density at radius 2 is 2.11 bits per heavy atom. The standard InChI is InChI=1S/C14H20N2O2/c1-12-4-5-13(11-15)14(10-12)16-6-3-7-18-9-8-17-2/h4-5,10,16H,3,6-9H2,1-2H3. The molecule has 18 heavy (non-hydrogen) atoms. The maximum atomic E-state index is 8.98. The molecule has 0 amide bonds. The van der Waals surface area contributed by atoms with E-state index in [0.717, 1.165) is 24.2 Å². The van der Waals surface area contributed by atoms with E-state index in [1.165, 1.54) is 0 Å². The molecule has 0 spiro atoms. The van der Waals surface area contributed by atoms with Gasteiger partial charge in [-0.15, -0.1) is 0 Å². The van der Waals surface area contributed by atoms with E-state index in [2.05, 4.69) is 11.4 Å². The van der Waals surface area contributed by atoms with Crippen molar-refractivity contribution >= 4 is 5.69 Å². The Bertz CT molecular complexity index is 399. The van der Waals surface area contributed by atoms with Gasteiger partial charge in [-0.1, -0.05) is 6.07 Å². The van der Waals surface area contributed by atoms with Gasteiger partial charge in [0.1, 0.15) is 6.07 Å². The monoisotopic (exact) mass is 248 g/mol. The maximum absolute atomic E-state index is 8.98. The van der Waals surface area contributed by atoms with Crippen LogP contribution < -0.4 is 5.32 Å². The molecule has 98 valence electrons. The van der Waals surface area contributed by atoms with Crippen LogP contribution in [0.3, 0.4) is 0 Å². The van der Waals surface area contributed by atoms with E-state index in [4.69, 9.17) is 14.7 Å². The van der Waals surface area contributed by atoms with Crippen LogP contribution in [-0.4, -0.2) is 33.5 Å². The number of rotatable bonds is 8. The summed E-state index contributed by atoms with van der Waals surface area (Å²) in [4.78, 5) is 0. The van der Waals surface area contributed by atoms with Crippen LogP contribution in [0.25, 0.3) is 0 Å². The molecule has 0 unspecified atom stereocenters. The minimum absolute atomic E-state index is 0.629. The third kappa shape index (κ3) is 5.17. The van der Waals surface area contributed by atoms with Crippen molar-refractivity contribution < 1.29 is 9.47 Å².